The summed E-state index contributed by atoms with van der Waals surface area (Å²) in [5, 5.41) is 1.26. The summed E-state index contributed by atoms with van der Waals surface area (Å²) in [5.41, 5.74) is 2.14. The normalized spacial score (nSPS) is 13.0. The molecule has 4 nitrogen and oxygen atoms in total. The lowest BCUT2D eigenvalue weighted by Crippen LogP contribution is -2.24. The van der Waals surface area contributed by atoms with Gasteiger partial charge in [0.05, 0.1) is 19.2 Å². The second-order valence-corrected chi connectivity index (χ2v) is 16.0. The zero-order valence-electron chi connectivity index (χ0n) is 20.8. The SMILES string of the molecule is CC(C)(C)OC(=O)c1ccc(/C=C(\c2ccc(C(=O)OC(C)(C)C)cc2)[Si](C)(C)C)cc1. The summed E-state index contributed by atoms with van der Waals surface area (Å²) >= 11 is 0. The summed E-state index contributed by atoms with van der Waals surface area (Å²) in [4.78, 5) is 24.6. The standard InChI is InChI=1S/C27H36O4Si/c1-26(2,3)30-24(28)21-12-10-19(11-13-21)18-23(32(7,8)9)20-14-16-22(17-15-20)25(29)31-27(4,5)6/h10-18H,1-9H3/b23-18+. The third-order valence-electron chi connectivity index (χ3n) is 4.49. The van der Waals surface area contributed by atoms with Crippen molar-refractivity contribution < 1.29 is 19.1 Å². The van der Waals surface area contributed by atoms with E-state index in [1.807, 2.05) is 77.9 Å². The predicted octanol–water partition coefficient (Wildman–Crippen LogP) is 7.02. The molecule has 0 saturated heterocycles. The van der Waals surface area contributed by atoms with Crippen molar-refractivity contribution in [1.82, 2.24) is 0 Å². The van der Waals surface area contributed by atoms with E-state index in [4.69, 9.17) is 9.47 Å². The Balaban J connectivity index is 2.31. The van der Waals surface area contributed by atoms with Crippen LogP contribution < -0.4 is 0 Å². The van der Waals surface area contributed by atoms with Gasteiger partial charge < -0.3 is 9.47 Å². The van der Waals surface area contributed by atoms with Gasteiger partial charge in [0.15, 0.2) is 0 Å². The molecule has 172 valence electrons. The predicted molar refractivity (Wildman–Crippen MR) is 134 cm³/mol. The van der Waals surface area contributed by atoms with E-state index in [0.717, 1.165) is 11.1 Å². The number of ether oxygens (including phenoxy) is 2. The van der Waals surface area contributed by atoms with Crippen molar-refractivity contribution in [3.63, 3.8) is 0 Å². The van der Waals surface area contributed by atoms with Gasteiger partial charge in [0, 0.05) is 0 Å². The van der Waals surface area contributed by atoms with Crippen LogP contribution in [0.25, 0.3) is 11.3 Å². The van der Waals surface area contributed by atoms with Gasteiger partial charge >= 0.3 is 11.9 Å². The van der Waals surface area contributed by atoms with E-state index in [9.17, 15) is 9.59 Å². The van der Waals surface area contributed by atoms with Crippen LogP contribution in [0, 0.1) is 0 Å². The van der Waals surface area contributed by atoms with Crippen LogP contribution in [0.3, 0.4) is 0 Å². The highest BCUT2D eigenvalue weighted by atomic mass is 28.3. The van der Waals surface area contributed by atoms with Crippen LogP contribution >= 0.6 is 0 Å². The summed E-state index contributed by atoms with van der Waals surface area (Å²) in [5.74, 6) is -0.642. The van der Waals surface area contributed by atoms with E-state index >= 15 is 0 Å². The molecule has 0 bridgehead atoms. The first-order valence-electron chi connectivity index (χ1n) is 10.9. The Morgan fingerprint density at radius 2 is 1.00 bits per heavy atom. The monoisotopic (exact) mass is 452 g/mol. The number of carbonyl (C=O) groups excluding carboxylic acids is 2. The average molecular weight is 453 g/mol. The molecule has 2 aromatic rings. The number of hydrogen-bond acceptors (Lipinski definition) is 4. The molecule has 0 atom stereocenters. The summed E-state index contributed by atoms with van der Waals surface area (Å²) in [6.07, 6.45) is 2.17. The summed E-state index contributed by atoms with van der Waals surface area (Å²) < 4.78 is 10.9. The Kier molecular flexibility index (Phi) is 7.56. The number of benzene rings is 2. The van der Waals surface area contributed by atoms with Crippen LogP contribution in [0.4, 0.5) is 0 Å². The Labute approximate surface area is 193 Å². The van der Waals surface area contributed by atoms with Gasteiger partial charge in [-0.15, -0.1) is 0 Å². The molecule has 0 aliphatic rings. The van der Waals surface area contributed by atoms with Gasteiger partial charge in [0.25, 0.3) is 0 Å². The Bertz CT molecular complexity index is 980. The molecule has 0 aromatic heterocycles. The van der Waals surface area contributed by atoms with E-state index in [-0.39, 0.29) is 11.9 Å². The minimum absolute atomic E-state index is 0.319. The van der Waals surface area contributed by atoms with Crippen molar-refractivity contribution in [3.05, 3.63) is 70.8 Å². The van der Waals surface area contributed by atoms with E-state index in [1.165, 1.54) is 5.20 Å². The lowest BCUT2D eigenvalue weighted by molar-refractivity contribution is 0.00570. The molecule has 0 saturated carbocycles. The van der Waals surface area contributed by atoms with E-state index in [2.05, 4.69) is 25.7 Å². The van der Waals surface area contributed by atoms with E-state index < -0.39 is 19.3 Å². The van der Waals surface area contributed by atoms with Gasteiger partial charge in [-0.1, -0.05) is 55.2 Å². The molecule has 0 radical (unpaired) electrons. The molecule has 0 spiro atoms. The molecule has 0 amide bonds. The third-order valence-corrected chi connectivity index (χ3v) is 6.54. The maximum Gasteiger partial charge on any atom is 0.338 e. The second kappa shape index (κ2) is 9.45. The van der Waals surface area contributed by atoms with Crippen LogP contribution in [0.15, 0.2) is 48.5 Å². The van der Waals surface area contributed by atoms with Crippen molar-refractivity contribution in [2.24, 2.45) is 0 Å². The number of hydrogen-bond donors (Lipinski definition) is 0. The van der Waals surface area contributed by atoms with Crippen LogP contribution in [-0.4, -0.2) is 31.2 Å². The van der Waals surface area contributed by atoms with Crippen LogP contribution in [0.2, 0.25) is 19.6 Å². The van der Waals surface area contributed by atoms with Gasteiger partial charge in [-0.05, 0) is 76.9 Å². The summed E-state index contributed by atoms with van der Waals surface area (Å²) in [6.45, 7) is 18.0. The van der Waals surface area contributed by atoms with Gasteiger partial charge in [0.1, 0.15) is 11.2 Å². The molecule has 0 fully saturated rings. The van der Waals surface area contributed by atoms with Crippen LogP contribution in [0.5, 0.6) is 0 Å². The van der Waals surface area contributed by atoms with E-state index in [1.54, 1.807) is 12.1 Å². The minimum Gasteiger partial charge on any atom is -0.456 e. The quantitative estimate of drug-likeness (QED) is 0.278. The van der Waals surface area contributed by atoms with Crippen molar-refractivity contribution in [3.8, 4) is 0 Å². The molecule has 2 aromatic carbocycles. The fourth-order valence-corrected chi connectivity index (χ4v) is 4.71. The maximum absolute atomic E-state index is 12.3. The largest absolute Gasteiger partial charge is 0.456 e. The maximum atomic E-state index is 12.3. The average Bonchev–Trinajstić information content (AvgIpc) is 2.63. The zero-order chi connectivity index (χ0) is 24.3. The van der Waals surface area contributed by atoms with Gasteiger partial charge in [-0.2, -0.15) is 0 Å². The topological polar surface area (TPSA) is 52.6 Å². The summed E-state index contributed by atoms with van der Waals surface area (Å²) in [6, 6.07) is 15.1. The lowest BCUT2D eigenvalue weighted by Gasteiger charge is -2.23. The molecule has 32 heavy (non-hydrogen) atoms. The first kappa shape index (κ1) is 25.6. The summed E-state index contributed by atoms with van der Waals surface area (Å²) in [7, 11) is -1.71. The van der Waals surface area contributed by atoms with Crippen molar-refractivity contribution in [2.45, 2.75) is 72.4 Å². The van der Waals surface area contributed by atoms with Crippen LogP contribution in [0.1, 0.15) is 73.4 Å². The molecule has 0 aliphatic heterocycles. The highest BCUT2D eigenvalue weighted by Crippen LogP contribution is 2.29. The van der Waals surface area contributed by atoms with Crippen molar-refractivity contribution in [2.75, 3.05) is 0 Å². The number of esters is 2. The zero-order valence-corrected chi connectivity index (χ0v) is 21.8. The van der Waals surface area contributed by atoms with Gasteiger partial charge in [0.2, 0.25) is 0 Å². The molecule has 0 aliphatic carbocycles. The fourth-order valence-electron chi connectivity index (χ4n) is 3.07. The van der Waals surface area contributed by atoms with Gasteiger partial charge in [-0.25, -0.2) is 9.59 Å². The third kappa shape index (κ3) is 7.79. The Morgan fingerprint density at radius 3 is 1.34 bits per heavy atom. The molecular formula is C27H36O4Si. The lowest BCUT2D eigenvalue weighted by atomic mass is 10.1. The molecule has 0 N–H and O–H groups in total. The Hall–Kier alpha value is -2.66. The highest BCUT2D eigenvalue weighted by Gasteiger charge is 2.23. The molecule has 0 unspecified atom stereocenters. The number of rotatable bonds is 5. The fraction of sp³-hybridized carbons (Fsp3) is 0.407. The van der Waals surface area contributed by atoms with Crippen molar-refractivity contribution in [1.29, 1.82) is 0 Å². The molecule has 0 heterocycles. The molecule has 5 heteroatoms. The van der Waals surface area contributed by atoms with Gasteiger partial charge in [-0.3, -0.25) is 0 Å². The first-order chi connectivity index (χ1) is 14.5. The number of carbonyl (C=O) groups is 2. The first-order valence-corrected chi connectivity index (χ1v) is 14.4. The molecule has 2 rings (SSSR count). The Morgan fingerprint density at radius 1 is 0.656 bits per heavy atom. The minimum atomic E-state index is -1.71. The molecular weight excluding hydrogens is 416 g/mol. The highest BCUT2D eigenvalue weighted by molar-refractivity contribution is 6.94. The van der Waals surface area contributed by atoms with Crippen LogP contribution in [-0.2, 0) is 9.47 Å². The van der Waals surface area contributed by atoms with Crippen molar-refractivity contribution >= 4 is 31.3 Å². The second-order valence-electron chi connectivity index (χ2n) is 11.0. The smallest absolute Gasteiger partial charge is 0.338 e. The van der Waals surface area contributed by atoms with E-state index in [0.29, 0.717) is 11.1 Å².